The van der Waals surface area contributed by atoms with E-state index in [1.165, 1.54) is 25.7 Å². The molecule has 1 aliphatic heterocycles. The lowest BCUT2D eigenvalue weighted by atomic mass is 9.33. The van der Waals surface area contributed by atoms with E-state index in [-0.39, 0.29) is 44.6 Å². The second-order valence-corrected chi connectivity index (χ2v) is 19.2. The summed E-state index contributed by atoms with van der Waals surface area (Å²) in [6.07, 6.45) is 14.0. The van der Waals surface area contributed by atoms with E-state index in [1.54, 1.807) is 19.6 Å². The Morgan fingerprint density at radius 2 is 1.51 bits per heavy atom. The number of anilines is 1. The molecule has 270 valence electrons. The molecule has 49 heavy (non-hydrogen) atoms. The SMILES string of the molecule is COc1ccccc1N1CCN(C(=O)[C@@]2(C)CC[C@]3(C)CC[C@]4(C)C(=CC[C@@H]5[C@@]6(C)CC[C@H](OC(C)=O)C(C)(C)[C@@H]6CC[C@]54C)[C@@H]3C2)CC1. The van der Waals surface area contributed by atoms with Crippen molar-refractivity contribution in [1.82, 2.24) is 4.90 Å². The van der Waals surface area contributed by atoms with E-state index in [2.05, 4.69) is 76.5 Å². The van der Waals surface area contributed by atoms with E-state index in [4.69, 9.17) is 9.47 Å². The van der Waals surface area contributed by atoms with Crippen LogP contribution in [0, 0.1) is 50.2 Å². The molecule has 5 fully saturated rings. The molecule has 1 aromatic rings. The summed E-state index contributed by atoms with van der Waals surface area (Å²) < 4.78 is 11.6. The monoisotopic (exact) mass is 672 g/mol. The van der Waals surface area contributed by atoms with Crippen LogP contribution in [0.1, 0.15) is 120 Å². The summed E-state index contributed by atoms with van der Waals surface area (Å²) in [5, 5.41) is 0. The van der Waals surface area contributed by atoms with Gasteiger partial charge in [0, 0.05) is 43.9 Å². The molecule has 0 aromatic heterocycles. The van der Waals surface area contributed by atoms with E-state index < -0.39 is 0 Å². The number of carbonyl (C=O) groups is 2. The maximum atomic E-state index is 14.5. The first kappa shape index (κ1) is 34.9. The van der Waals surface area contributed by atoms with Crippen molar-refractivity contribution in [3.8, 4) is 5.75 Å². The third-order valence-electron chi connectivity index (χ3n) is 16.6. The average molecular weight is 673 g/mol. The summed E-state index contributed by atoms with van der Waals surface area (Å²) in [4.78, 5) is 31.2. The fourth-order valence-corrected chi connectivity index (χ4v) is 13.4. The molecule has 0 bridgehead atoms. The van der Waals surface area contributed by atoms with Crippen LogP contribution in [0.3, 0.4) is 0 Å². The van der Waals surface area contributed by atoms with Gasteiger partial charge in [0.05, 0.1) is 12.8 Å². The maximum Gasteiger partial charge on any atom is 0.302 e. The van der Waals surface area contributed by atoms with Crippen molar-refractivity contribution in [2.24, 2.45) is 50.2 Å². The largest absolute Gasteiger partial charge is 0.495 e. The average Bonchev–Trinajstić information content (AvgIpc) is 3.07. The van der Waals surface area contributed by atoms with E-state index in [1.807, 2.05) is 12.1 Å². The van der Waals surface area contributed by atoms with Gasteiger partial charge in [-0.1, -0.05) is 72.2 Å². The van der Waals surface area contributed by atoms with Gasteiger partial charge in [0.2, 0.25) is 5.91 Å². The highest BCUT2D eigenvalue weighted by Gasteiger charge is 2.68. The van der Waals surface area contributed by atoms with Crippen molar-refractivity contribution < 1.29 is 19.1 Å². The van der Waals surface area contributed by atoms with Crippen molar-refractivity contribution in [1.29, 1.82) is 0 Å². The minimum atomic E-state index is -0.323. The summed E-state index contributed by atoms with van der Waals surface area (Å²) in [7, 11) is 1.74. The van der Waals surface area contributed by atoms with Gasteiger partial charge in [-0.05, 0) is 116 Å². The fourth-order valence-electron chi connectivity index (χ4n) is 13.4. The van der Waals surface area contributed by atoms with Crippen LogP contribution in [-0.4, -0.2) is 56.2 Å². The highest BCUT2D eigenvalue weighted by Crippen LogP contribution is 2.75. The van der Waals surface area contributed by atoms with Gasteiger partial charge in [-0.25, -0.2) is 0 Å². The quantitative estimate of drug-likeness (QED) is 0.236. The second-order valence-electron chi connectivity index (χ2n) is 19.2. The van der Waals surface area contributed by atoms with Crippen LogP contribution in [0.25, 0.3) is 0 Å². The number of allylic oxidation sites excluding steroid dienone is 2. The number of piperazine rings is 1. The van der Waals surface area contributed by atoms with Gasteiger partial charge in [0.1, 0.15) is 11.9 Å². The lowest BCUT2D eigenvalue weighted by Gasteiger charge is -2.71. The van der Waals surface area contributed by atoms with Gasteiger partial charge < -0.3 is 19.3 Å². The number of hydrogen-bond donors (Lipinski definition) is 0. The molecule has 7 rings (SSSR count). The Labute approximate surface area is 296 Å². The first-order chi connectivity index (χ1) is 23.0. The topological polar surface area (TPSA) is 59.1 Å². The molecule has 1 amide bonds. The number of benzene rings is 1. The Balaban J connectivity index is 1.12. The molecule has 1 aromatic carbocycles. The highest BCUT2D eigenvalue weighted by atomic mass is 16.5. The molecule has 0 spiro atoms. The van der Waals surface area contributed by atoms with Crippen LogP contribution in [0.5, 0.6) is 5.75 Å². The molecule has 6 heteroatoms. The zero-order valence-corrected chi connectivity index (χ0v) is 32.1. The summed E-state index contributed by atoms with van der Waals surface area (Å²) in [6, 6.07) is 8.24. The van der Waals surface area contributed by atoms with Crippen molar-refractivity contribution in [3.63, 3.8) is 0 Å². The number of methoxy groups -OCH3 is 1. The van der Waals surface area contributed by atoms with Crippen LogP contribution < -0.4 is 9.64 Å². The first-order valence-electron chi connectivity index (χ1n) is 19.6. The second kappa shape index (κ2) is 11.8. The van der Waals surface area contributed by atoms with Crippen LogP contribution in [0.2, 0.25) is 0 Å². The lowest BCUT2D eigenvalue weighted by Crippen LogP contribution is -2.65. The summed E-state index contributed by atoms with van der Waals surface area (Å²) in [5.41, 5.74) is 3.33. The maximum absolute atomic E-state index is 14.5. The van der Waals surface area contributed by atoms with Gasteiger partial charge in [-0.3, -0.25) is 9.59 Å². The zero-order chi connectivity index (χ0) is 35.2. The van der Waals surface area contributed by atoms with Gasteiger partial charge >= 0.3 is 5.97 Å². The number of nitrogens with zero attached hydrogens (tertiary/aromatic N) is 2. The molecule has 6 aliphatic rings. The molecule has 0 radical (unpaired) electrons. The number of rotatable bonds is 4. The number of fused-ring (bicyclic) bond motifs is 7. The normalized spacial score (nSPS) is 42.8. The van der Waals surface area contributed by atoms with Crippen LogP contribution >= 0.6 is 0 Å². The predicted octanol–water partition coefficient (Wildman–Crippen LogP) is 9.08. The van der Waals surface area contributed by atoms with Crippen molar-refractivity contribution in [3.05, 3.63) is 35.9 Å². The van der Waals surface area contributed by atoms with Gasteiger partial charge in [0.25, 0.3) is 0 Å². The summed E-state index contributed by atoms with van der Waals surface area (Å²) >= 11 is 0. The smallest absolute Gasteiger partial charge is 0.302 e. The minimum Gasteiger partial charge on any atom is -0.495 e. The number of esters is 1. The van der Waals surface area contributed by atoms with Gasteiger partial charge in [0.15, 0.2) is 0 Å². The number of amides is 1. The Kier molecular flexibility index (Phi) is 8.39. The predicted molar refractivity (Wildman–Crippen MR) is 196 cm³/mol. The Bertz CT molecular complexity index is 1510. The number of hydrogen-bond acceptors (Lipinski definition) is 5. The van der Waals surface area contributed by atoms with Crippen LogP contribution in [0.15, 0.2) is 35.9 Å². The highest BCUT2D eigenvalue weighted by molar-refractivity contribution is 5.83. The number of ether oxygens (including phenoxy) is 2. The summed E-state index contributed by atoms with van der Waals surface area (Å²) in [5.74, 6) is 2.76. The molecule has 6 nitrogen and oxygen atoms in total. The molecular weight excluding hydrogens is 608 g/mol. The number of para-hydroxylation sites is 2. The zero-order valence-electron chi connectivity index (χ0n) is 32.1. The van der Waals surface area contributed by atoms with Crippen LogP contribution in [-0.2, 0) is 14.3 Å². The third-order valence-corrected chi connectivity index (χ3v) is 16.6. The molecular formula is C43H64N2O4. The van der Waals surface area contributed by atoms with Gasteiger partial charge in [-0.2, -0.15) is 0 Å². The Morgan fingerprint density at radius 3 is 2.20 bits per heavy atom. The third kappa shape index (κ3) is 5.13. The van der Waals surface area contributed by atoms with Crippen molar-refractivity contribution >= 4 is 17.6 Å². The molecule has 4 saturated carbocycles. The Hall–Kier alpha value is -2.50. The fraction of sp³-hybridized carbons (Fsp3) is 0.767. The van der Waals surface area contributed by atoms with E-state index in [0.29, 0.717) is 23.7 Å². The van der Waals surface area contributed by atoms with Crippen molar-refractivity contribution in [2.45, 2.75) is 126 Å². The van der Waals surface area contributed by atoms with E-state index in [9.17, 15) is 9.59 Å². The summed E-state index contributed by atoms with van der Waals surface area (Å²) in [6.45, 7) is 22.3. The molecule has 1 heterocycles. The molecule has 0 unspecified atom stereocenters. The molecule has 0 N–H and O–H groups in total. The lowest BCUT2D eigenvalue weighted by molar-refractivity contribution is -0.212. The number of carbonyl (C=O) groups excluding carboxylic acids is 2. The van der Waals surface area contributed by atoms with E-state index in [0.717, 1.165) is 76.1 Å². The Morgan fingerprint density at radius 1 is 0.816 bits per heavy atom. The van der Waals surface area contributed by atoms with E-state index >= 15 is 0 Å². The first-order valence-corrected chi connectivity index (χ1v) is 19.6. The molecule has 5 aliphatic carbocycles. The van der Waals surface area contributed by atoms with Crippen molar-refractivity contribution in [2.75, 3.05) is 38.2 Å². The van der Waals surface area contributed by atoms with Crippen LogP contribution in [0.4, 0.5) is 5.69 Å². The van der Waals surface area contributed by atoms with Gasteiger partial charge in [-0.15, -0.1) is 0 Å². The molecule has 9 atom stereocenters. The minimum absolute atomic E-state index is 0.00898. The molecule has 1 saturated heterocycles. The standard InChI is InChI=1S/C43H64N2O4/c1-29(46)49-36-17-18-41(6)34(38(36,2)3)16-19-43(8)35(41)15-14-30-31-28-40(5,21-20-39(31,4)22-23-42(30,43)7)37(47)45-26-24-44(25-27-45)32-12-10-11-13-33(32)48-9/h10-14,31,34-36H,15-28H2,1-9H3/t31-,34-,35+,36-,39+,40-,41-,42+,43+/m0/s1.